The minimum Gasteiger partial charge on any atom is -0.337 e. The number of amides is 2. The number of nitrogens with one attached hydrogen (secondary N) is 1. The summed E-state index contributed by atoms with van der Waals surface area (Å²) in [5.74, 6) is -0.260. The van der Waals surface area contributed by atoms with Crippen molar-refractivity contribution in [2.45, 2.75) is 19.4 Å². The fourth-order valence-electron chi connectivity index (χ4n) is 3.04. The van der Waals surface area contributed by atoms with Crippen LogP contribution in [0.1, 0.15) is 26.6 Å². The van der Waals surface area contributed by atoms with Crippen LogP contribution >= 0.6 is 22.9 Å². The Hall–Kier alpha value is -2.77. The van der Waals surface area contributed by atoms with E-state index in [9.17, 15) is 9.59 Å². The average molecular weight is 413 g/mol. The lowest BCUT2D eigenvalue weighted by atomic mass is 10.1. The van der Waals surface area contributed by atoms with E-state index >= 15 is 0 Å². The predicted octanol–water partition coefficient (Wildman–Crippen LogP) is 3.57. The number of pyridine rings is 1. The van der Waals surface area contributed by atoms with Gasteiger partial charge in [0.25, 0.3) is 5.91 Å². The molecule has 0 saturated carbocycles. The van der Waals surface area contributed by atoms with Crippen LogP contribution in [0.2, 0.25) is 5.02 Å². The maximum atomic E-state index is 12.7. The summed E-state index contributed by atoms with van der Waals surface area (Å²) in [5, 5.41) is 3.92. The molecule has 1 N–H and O–H groups in total. The standard InChI is InChI=1S/C20H17ClN4O2S/c21-14-6-2-1-5-13(14)11-18(26)25-10-8-15-17(12-25)28-20(23-15)24-19(27)16-7-3-4-9-22-16/h1-7,9H,8,10-12H2,(H,23,24,27). The molecular weight excluding hydrogens is 396 g/mol. The van der Waals surface area contributed by atoms with Crippen LogP contribution in [-0.4, -0.2) is 33.2 Å². The number of hydrogen-bond acceptors (Lipinski definition) is 5. The second-order valence-corrected chi connectivity index (χ2v) is 7.88. The van der Waals surface area contributed by atoms with E-state index in [0.717, 1.165) is 16.1 Å². The van der Waals surface area contributed by atoms with Crippen molar-refractivity contribution in [3.63, 3.8) is 0 Å². The van der Waals surface area contributed by atoms with Gasteiger partial charge in [0.2, 0.25) is 5.91 Å². The molecule has 0 bridgehead atoms. The van der Waals surface area contributed by atoms with E-state index < -0.39 is 0 Å². The maximum absolute atomic E-state index is 12.7. The SMILES string of the molecule is O=C(Nc1nc2c(s1)CN(C(=O)Cc1ccccc1Cl)CC2)c1ccccn1. The lowest BCUT2D eigenvalue weighted by Gasteiger charge is -2.26. The quantitative estimate of drug-likeness (QED) is 0.710. The molecule has 3 heterocycles. The minimum absolute atomic E-state index is 0.0335. The number of carbonyl (C=O) groups excluding carboxylic acids is 2. The summed E-state index contributed by atoms with van der Waals surface area (Å²) in [6, 6.07) is 12.6. The predicted molar refractivity (Wildman–Crippen MR) is 109 cm³/mol. The smallest absolute Gasteiger partial charge is 0.276 e. The Bertz CT molecular complexity index is 1020. The molecule has 0 unspecified atom stereocenters. The number of fused-ring (bicyclic) bond motifs is 1. The summed E-state index contributed by atoms with van der Waals surface area (Å²) in [4.78, 5) is 36.3. The monoisotopic (exact) mass is 412 g/mol. The van der Waals surface area contributed by atoms with Crippen LogP contribution in [0, 0.1) is 0 Å². The van der Waals surface area contributed by atoms with Gasteiger partial charge >= 0.3 is 0 Å². The van der Waals surface area contributed by atoms with E-state index in [1.807, 2.05) is 23.1 Å². The summed E-state index contributed by atoms with van der Waals surface area (Å²) >= 11 is 7.56. The first-order chi connectivity index (χ1) is 13.6. The van der Waals surface area contributed by atoms with Crippen molar-refractivity contribution in [2.24, 2.45) is 0 Å². The Morgan fingerprint density at radius 3 is 2.79 bits per heavy atom. The van der Waals surface area contributed by atoms with Gasteiger partial charge in [0.15, 0.2) is 5.13 Å². The summed E-state index contributed by atoms with van der Waals surface area (Å²) < 4.78 is 0. The van der Waals surface area contributed by atoms with Gasteiger partial charge in [0.1, 0.15) is 5.69 Å². The zero-order valence-corrected chi connectivity index (χ0v) is 16.5. The molecule has 0 atom stereocenters. The topological polar surface area (TPSA) is 75.2 Å². The third-order valence-corrected chi connectivity index (χ3v) is 5.87. The molecule has 2 aromatic heterocycles. The summed E-state index contributed by atoms with van der Waals surface area (Å²) in [6.45, 7) is 1.10. The second kappa shape index (κ2) is 8.08. The van der Waals surface area contributed by atoms with Crippen molar-refractivity contribution >= 4 is 39.9 Å². The third kappa shape index (κ3) is 4.05. The zero-order valence-electron chi connectivity index (χ0n) is 14.9. The lowest BCUT2D eigenvalue weighted by molar-refractivity contribution is -0.131. The molecule has 0 radical (unpaired) electrons. The van der Waals surface area contributed by atoms with Gasteiger partial charge in [-0.3, -0.25) is 19.9 Å². The van der Waals surface area contributed by atoms with Crippen LogP contribution in [0.25, 0.3) is 0 Å². The third-order valence-electron chi connectivity index (χ3n) is 4.50. The molecule has 6 nitrogen and oxygen atoms in total. The van der Waals surface area contributed by atoms with Gasteiger partial charge in [-0.1, -0.05) is 47.2 Å². The number of carbonyl (C=O) groups is 2. The molecule has 142 valence electrons. The van der Waals surface area contributed by atoms with Crippen LogP contribution < -0.4 is 5.32 Å². The first-order valence-electron chi connectivity index (χ1n) is 8.82. The van der Waals surface area contributed by atoms with Crippen molar-refractivity contribution in [3.8, 4) is 0 Å². The van der Waals surface area contributed by atoms with Crippen LogP contribution in [0.15, 0.2) is 48.7 Å². The van der Waals surface area contributed by atoms with E-state index in [1.54, 1.807) is 30.5 Å². The number of halogens is 1. The van der Waals surface area contributed by atoms with Gasteiger partial charge in [-0.05, 0) is 23.8 Å². The number of nitrogens with zero attached hydrogens (tertiary/aromatic N) is 3. The number of hydrogen-bond donors (Lipinski definition) is 1. The van der Waals surface area contributed by atoms with Gasteiger partial charge in [-0.25, -0.2) is 4.98 Å². The van der Waals surface area contributed by atoms with Crippen LogP contribution in [0.5, 0.6) is 0 Å². The molecule has 0 fully saturated rings. The van der Waals surface area contributed by atoms with E-state index in [2.05, 4.69) is 15.3 Å². The number of anilines is 1. The van der Waals surface area contributed by atoms with Crippen molar-refractivity contribution in [3.05, 3.63) is 75.5 Å². The van der Waals surface area contributed by atoms with Crippen LogP contribution in [0.3, 0.4) is 0 Å². The van der Waals surface area contributed by atoms with Gasteiger partial charge in [0, 0.05) is 29.1 Å². The molecule has 0 saturated heterocycles. The Morgan fingerprint density at radius 1 is 1.18 bits per heavy atom. The molecule has 1 aliphatic rings. The summed E-state index contributed by atoms with van der Waals surface area (Å²) in [5.41, 5.74) is 2.10. The molecule has 0 spiro atoms. The zero-order chi connectivity index (χ0) is 19.5. The highest BCUT2D eigenvalue weighted by atomic mass is 35.5. The van der Waals surface area contributed by atoms with E-state index in [0.29, 0.717) is 35.4 Å². The number of benzene rings is 1. The molecule has 1 aliphatic heterocycles. The molecule has 4 rings (SSSR count). The first-order valence-corrected chi connectivity index (χ1v) is 10.0. The van der Waals surface area contributed by atoms with Crippen molar-refractivity contribution in [1.29, 1.82) is 0 Å². The molecule has 0 aliphatic carbocycles. The first kappa shape index (κ1) is 18.6. The van der Waals surface area contributed by atoms with E-state index in [-0.39, 0.29) is 18.2 Å². The molecule has 8 heteroatoms. The fourth-order valence-corrected chi connectivity index (χ4v) is 4.26. The average Bonchev–Trinajstić information content (AvgIpc) is 3.11. The highest BCUT2D eigenvalue weighted by Crippen LogP contribution is 2.29. The number of rotatable bonds is 4. The van der Waals surface area contributed by atoms with Gasteiger partial charge in [-0.15, -0.1) is 0 Å². The van der Waals surface area contributed by atoms with Crippen molar-refractivity contribution < 1.29 is 9.59 Å². The maximum Gasteiger partial charge on any atom is 0.276 e. The van der Waals surface area contributed by atoms with Gasteiger partial charge in [-0.2, -0.15) is 0 Å². The van der Waals surface area contributed by atoms with E-state index in [4.69, 9.17) is 11.6 Å². The Morgan fingerprint density at radius 2 is 2.00 bits per heavy atom. The molecular formula is C20H17ClN4O2S. The van der Waals surface area contributed by atoms with Crippen molar-refractivity contribution in [2.75, 3.05) is 11.9 Å². The number of thiazole rings is 1. The highest BCUT2D eigenvalue weighted by molar-refractivity contribution is 7.15. The molecule has 3 aromatic rings. The Labute approximate surface area is 171 Å². The van der Waals surface area contributed by atoms with Crippen LogP contribution in [0.4, 0.5) is 5.13 Å². The van der Waals surface area contributed by atoms with Crippen LogP contribution in [-0.2, 0) is 24.2 Å². The number of aromatic nitrogens is 2. The largest absolute Gasteiger partial charge is 0.337 e. The second-order valence-electron chi connectivity index (χ2n) is 6.39. The minimum atomic E-state index is -0.293. The fraction of sp³-hybridized carbons (Fsp3) is 0.200. The normalized spacial score (nSPS) is 13.1. The molecule has 2 amide bonds. The Kier molecular flexibility index (Phi) is 5.36. The molecule has 1 aromatic carbocycles. The lowest BCUT2D eigenvalue weighted by Crippen LogP contribution is -2.36. The van der Waals surface area contributed by atoms with E-state index in [1.165, 1.54) is 11.3 Å². The van der Waals surface area contributed by atoms with Gasteiger partial charge in [0.05, 0.1) is 18.7 Å². The summed E-state index contributed by atoms with van der Waals surface area (Å²) in [6.07, 6.45) is 2.51. The Balaban J connectivity index is 1.42. The van der Waals surface area contributed by atoms with Crippen molar-refractivity contribution in [1.82, 2.24) is 14.9 Å². The van der Waals surface area contributed by atoms with Gasteiger partial charge < -0.3 is 4.90 Å². The highest BCUT2D eigenvalue weighted by Gasteiger charge is 2.25. The molecule has 28 heavy (non-hydrogen) atoms. The summed E-state index contributed by atoms with van der Waals surface area (Å²) in [7, 11) is 0.